The fraction of sp³-hybridized carbons (Fsp3) is 0.455. The molecule has 0 fully saturated rings. The summed E-state index contributed by atoms with van der Waals surface area (Å²) in [5, 5.41) is 0. The number of thiol groups is 1. The van der Waals surface area contributed by atoms with Gasteiger partial charge in [-0.15, -0.1) is 0 Å². The van der Waals surface area contributed by atoms with Crippen molar-refractivity contribution in [2.75, 3.05) is 26.6 Å². The Morgan fingerprint density at radius 3 is 2.07 bits per heavy atom. The smallest absolute Gasteiger partial charge is 0.203 e. The van der Waals surface area contributed by atoms with Crippen molar-refractivity contribution in [3.63, 3.8) is 0 Å². The average molecular weight is 228 g/mol. The molecule has 0 spiro atoms. The van der Waals surface area contributed by atoms with Crippen molar-refractivity contribution >= 4 is 12.6 Å². The fourth-order valence-corrected chi connectivity index (χ4v) is 1.39. The molecule has 0 heterocycles. The molecule has 0 aliphatic heterocycles. The van der Waals surface area contributed by atoms with E-state index in [0.717, 1.165) is 5.56 Å². The monoisotopic (exact) mass is 228 g/mol. The topological polar surface area (TPSA) is 27.7 Å². The predicted octanol–water partition coefficient (Wildman–Crippen LogP) is 2.32. The van der Waals surface area contributed by atoms with Gasteiger partial charge < -0.3 is 14.2 Å². The summed E-state index contributed by atoms with van der Waals surface area (Å²) in [6, 6.07) is 3.83. The molecule has 84 valence electrons. The highest BCUT2D eigenvalue weighted by Gasteiger charge is 2.12. The van der Waals surface area contributed by atoms with Crippen LogP contribution < -0.4 is 14.2 Å². The number of benzene rings is 1. The van der Waals surface area contributed by atoms with Crippen LogP contribution in [-0.4, -0.2) is 26.6 Å². The van der Waals surface area contributed by atoms with Gasteiger partial charge in [-0.1, -0.05) is 0 Å². The van der Waals surface area contributed by atoms with Gasteiger partial charge in [-0.25, -0.2) is 0 Å². The summed E-state index contributed by atoms with van der Waals surface area (Å²) in [6.07, 6.45) is 0. The number of ether oxygens (including phenoxy) is 3. The van der Waals surface area contributed by atoms with Crippen LogP contribution in [0.25, 0.3) is 0 Å². The summed E-state index contributed by atoms with van der Waals surface area (Å²) in [7, 11) is 3.23. The molecule has 0 unspecified atom stereocenters. The van der Waals surface area contributed by atoms with E-state index in [0.29, 0.717) is 29.6 Å². The minimum absolute atomic E-state index is 0.527. The molecule has 0 aliphatic rings. The number of aryl methyl sites for hydroxylation is 1. The van der Waals surface area contributed by atoms with Crippen LogP contribution in [0.5, 0.6) is 17.2 Å². The molecule has 0 aromatic heterocycles. The van der Waals surface area contributed by atoms with Crippen molar-refractivity contribution in [2.45, 2.75) is 6.92 Å². The molecule has 0 saturated heterocycles. The zero-order chi connectivity index (χ0) is 11.3. The Bertz CT molecular complexity index is 301. The van der Waals surface area contributed by atoms with Gasteiger partial charge in [0.15, 0.2) is 11.5 Å². The summed E-state index contributed by atoms with van der Waals surface area (Å²) in [6.45, 7) is 2.51. The van der Waals surface area contributed by atoms with Crippen molar-refractivity contribution in [2.24, 2.45) is 0 Å². The molecule has 4 heteroatoms. The molecule has 0 aliphatic carbocycles. The average Bonchev–Trinajstić information content (AvgIpc) is 2.26. The van der Waals surface area contributed by atoms with Gasteiger partial charge in [0.2, 0.25) is 5.75 Å². The first-order valence-corrected chi connectivity index (χ1v) is 5.32. The second-order valence-electron chi connectivity index (χ2n) is 3.07. The van der Waals surface area contributed by atoms with E-state index < -0.39 is 0 Å². The minimum atomic E-state index is 0.527. The van der Waals surface area contributed by atoms with Gasteiger partial charge in [0.25, 0.3) is 0 Å². The van der Waals surface area contributed by atoms with Crippen LogP contribution >= 0.6 is 12.6 Å². The zero-order valence-electron chi connectivity index (χ0n) is 9.24. The first kappa shape index (κ1) is 12.0. The Hall–Kier alpha value is -1.03. The van der Waals surface area contributed by atoms with Crippen LogP contribution in [0.4, 0.5) is 0 Å². The van der Waals surface area contributed by atoms with Crippen LogP contribution in [0.3, 0.4) is 0 Å². The Morgan fingerprint density at radius 2 is 1.67 bits per heavy atom. The van der Waals surface area contributed by atoms with Gasteiger partial charge in [0.05, 0.1) is 20.8 Å². The first-order valence-electron chi connectivity index (χ1n) is 4.69. The third kappa shape index (κ3) is 2.96. The van der Waals surface area contributed by atoms with Gasteiger partial charge in [-0.3, -0.25) is 0 Å². The molecular weight excluding hydrogens is 212 g/mol. The van der Waals surface area contributed by atoms with Gasteiger partial charge in [-0.2, -0.15) is 12.6 Å². The van der Waals surface area contributed by atoms with Crippen LogP contribution in [0.2, 0.25) is 0 Å². The lowest BCUT2D eigenvalue weighted by Gasteiger charge is -2.14. The highest BCUT2D eigenvalue weighted by atomic mass is 32.1. The van der Waals surface area contributed by atoms with Crippen LogP contribution in [0, 0.1) is 6.92 Å². The van der Waals surface area contributed by atoms with E-state index >= 15 is 0 Å². The van der Waals surface area contributed by atoms with E-state index in [1.807, 2.05) is 19.1 Å². The van der Waals surface area contributed by atoms with Crippen molar-refractivity contribution in [1.82, 2.24) is 0 Å². The molecule has 0 saturated carbocycles. The number of hydrogen-bond acceptors (Lipinski definition) is 4. The quantitative estimate of drug-likeness (QED) is 0.784. The normalized spacial score (nSPS) is 9.87. The predicted molar refractivity (Wildman–Crippen MR) is 63.6 cm³/mol. The summed E-state index contributed by atoms with van der Waals surface area (Å²) < 4.78 is 16.0. The van der Waals surface area contributed by atoms with E-state index in [1.54, 1.807) is 14.2 Å². The maximum atomic E-state index is 5.53. The van der Waals surface area contributed by atoms with Gasteiger partial charge in [0.1, 0.15) is 0 Å². The van der Waals surface area contributed by atoms with E-state index in [1.165, 1.54) is 0 Å². The highest BCUT2D eigenvalue weighted by molar-refractivity contribution is 7.80. The van der Waals surface area contributed by atoms with Gasteiger partial charge in [-0.05, 0) is 24.6 Å². The lowest BCUT2D eigenvalue weighted by molar-refractivity contribution is 0.290. The van der Waals surface area contributed by atoms with Crippen molar-refractivity contribution in [3.8, 4) is 17.2 Å². The largest absolute Gasteiger partial charge is 0.493 e. The zero-order valence-corrected chi connectivity index (χ0v) is 10.1. The summed E-state index contributed by atoms with van der Waals surface area (Å²) in [5.41, 5.74) is 1.07. The molecule has 1 aromatic rings. The summed E-state index contributed by atoms with van der Waals surface area (Å²) >= 11 is 4.09. The Kier molecular flexibility index (Phi) is 4.62. The Labute approximate surface area is 95.8 Å². The van der Waals surface area contributed by atoms with Crippen LogP contribution in [-0.2, 0) is 0 Å². The molecule has 0 radical (unpaired) electrons. The molecule has 15 heavy (non-hydrogen) atoms. The third-order valence-electron chi connectivity index (χ3n) is 1.94. The molecular formula is C11H16O3S. The van der Waals surface area contributed by atoms with E-state index in [4.69, 9.17) is 14.2 Å². The molecule has 1 rings (SSSR count). The van der Waals surface area contributed by atoms with Crippen molar-refractivity contribution in [1.29, 1.82) is 0 Å². The second kappa shape index (κ2) is 5.75. The maximum Gasteiger partial charge on any atom is 0.203 e. The molecule has 1 aromatic carbocycles. The lowest BCUT2D eigenvalue weighted by atomic mass is 10.2. The van der Waals surface area contributed by atoms with Gasteiger partial charge >= 0.3 is 0 Å². The minimum Gasteiger partial charge on any atom is -0.493 e. The number of methoxy groups -OCH3 is 2. The van der Waals surface area contributed by atoms with E-state index in [2.05, 4.69) is 12.6 Å². The fourth-order valence-electron chi connectivity index (χ4n) is 1.30. The molecule has 3 nitrogen and oxygen atoms in total. The second-order valence-corrected chi connectivity index (χ2v) is 3.52. The number of hydrogen-bond donors (Lipinski definition) is 1. The van der Waals surface area contributed by atoms with Gasteiger partial charge in [0, 0.05) is 5.75 Å². The lowest BCUT2D eigenvalue weighted by Crippen LogP contribution is -2.02. The van der Waals surface area contributed by atoms with Crippen molar-refractivity contribution in [3.05, 3.63) is 17.7 Å². The van der Waals surface area contributed by atoms with Crippen LogP contribution in [0.1, 0.15) is 5.56 Å². The summed E-state index contributed by atoms with van der Waals surface area (Å²) in [5.74, 6) is 2.67. The number of rotatable bonds is 5. The standard InChI is InChI=1S/C11H16O3S/c1-8-6-9(12-2)11(14-4-5-15)10(7-8)13-3/h6-7,15H,4-5H2,1-3H3. The maximum absolute atomic E-state index is 5.53. The molecule has 0 bridgehead atoms. The SMILES string of the molecule is COc1cc(C)cc(OC)c1OCCS. The summed E-state index contributed by atoms with van der Waals surface area (Å²) in [4.78, 5) is 0. The van der Waals surface area contributed by atoms with Crippen molar-refractivity contribution < 1.29 is 14.2 Å². The van der Waals surface area contributed by atoms with E-state index in [-0.39, 0.29) is 0 Å². The van der Waals surface area contributed by atoms with Crippen LogP contribution in [0.15, 0.2) is 12.1 Å². The Morgan fingerprint density at radius 1 is 1.13 bits per heavy atom. The molecule has 0 N–H and O–H groups in total. The van der Waals surface area contributed by atoms with E-state index in [9.17, 15) is 0 Å². The highest BCUT2D eigenvalue weighted by Crippen LogP contribution is 2.38. The first-order chi connectivity index (χ1) is 7.22. The molecule has 0 amide bonds. The Balaban J connectivity index is 3.06. The molecule has 0 atom stereocenters. The third-order valence-corrected chi connectivity index (χ3v) is 2.13.